The van der Waals surface area contributed by atoms with Gasteiger partial charge in [0.25, 0.3) is 0 Å². The van der Waals surface area contributed by atoms with Gasteiger partial charge in [-0.25, -0.2) is 14.6 Å². The number of urea groups is 1. The molecule has 0 aromatic heterocycles. The van der Waals surface area contributed by atoms with Crippen LogP contribution < -0.4 is 25.6 Å². The van der Waals surface area contributed by atoms with Gasteiger partial charge in [0.1, 0.15) is 5.82 Å². The Kier molecular flexibility index (Phi) is 4.90. The second kappa shape index (κ2) is 7.27. The first-order valence-corrected chi connectivity index (χ1v) is 7.59. The summed E-state index contributed by atoms with van der Waals surface area (Å²) in [7, 11) is 0. The Hall–Kier alpha value is -3.00. The van der Waals surface area contributed by atoms with Gasteiger partial charge in [0.2, 0.25) is 12.7 Å². The molecule has 3 amide bonds. The molecule has 0 radical (unpaired) electrons. The number of amides is 3. The molecule has 3 rings (SSSR count). The number of carbonyl (C=O) groups excluding carboxylic acids is 2. The van der Waals surface area contributed by atoms with Gasteiger partial charge in [-0.3, -0.25) is 10.2 Å². The van der Waals surface area contributed by atoms with Crippen LogP contribution in [0.4, 0.5) is 14.9 Å². The van der Waals surface area contributed by atoms with Gasteiger partial charge in [-0.2, -0.15) is 0 Å². The fraction of sp³-hybridized carbons (Fsp3) is 0.125. The number of ether oxygens (including phenoxy) is 2. The smallest absolute Gasteiger partial charge is 0.337 e. The number of rotatable bonds is 3. The molecule has 9 heteroatoms. The molecule has 7 nitrogen and oxygen atoms in total. The summed E-state index contributed by atoms with van der Waals surface area (Å²) >= 11 is 5.85. The molecule has 2 aromatic carbocycles. The van der Waals surface area contributed by atoms with E-state index < -0.39 is 17.8 Å². The average molecular weight is 366 g/mol. The Morgan fingerprint density at radius 3 is 2.72 bits per heavy atom. The fourth-order valence-electron chi connectivity index (χ4n) is 2.17. The zero-order chi connectivity index (χ0) is 17.8. The molecule has 0 unspecified atom stereocenters. The van der Waals surface area contributed by atoms with E-state index in [1.165, 1.54) is 18.2 Å². The number of halogens is 2. The van der Waals surface area contributed by atoms with E-state index in [9.17, 15) is 14.0 Å². The number of benzene rings is 2. The van der Waals surface area contributed by atoms with E-state index in [1.807, 2.05) is 0 Å². The number of fused-ring (bicyclic) bond motifs is 1. The van der Waals surface area contributed by atoms with Gasteiger partial charge in [0.15, 0.2) is 11.5 Å². The summed E-state index contributed by atoms with van der Waals surface area (Å²) < 4.78 is 24.0. The molecule has 0 saturated heterocycles. The SMILES string of the molecule is O=C(Cc1c(F)cccc1Cl)NNC(=O)Nc1ccc2c(c1)OCO2. The van der Waals surface area contributed by atoms with E-state index in [2.05, 4.69) is 16.2 Å². The van der Waals surface area contributed by atoms with E-state index in [1.54, 1.807) is 18.2 Å². The quantitative estimate of drug-likeness (QED) is 0.729. The second-order valence-corrected chi connectivity index (χ2v) is 5.48. The summed E-state index contributed by atoms with van der Waals surface area (Å²) in [6.07, 6.45) is -0.310. The molecule has 130 valence electrons. The maximum absolute atomic E-state index is 13.6. The zero-order valence-corrected chi connectivity index (χ0v) is 13.5. The van der Waals surface area contributed by atoms with Crippen LogP contribution in [0.1, 0.15) is 5.56 Å². The first-order valence-electron chi connectivity index (χ1n) is 7.21. The van der Waals surface area contributed by atoms with Crippen molar-refractivity contribution in [2.24, 2.45) is 0 Å². The monoisotopic (exact) mass is 365 g/mol. The largest absolute Gasteiger partial charge is 0.454 e. The summed E-state index contributed by atoms with van der Waals surface area (Å²) in [5.41, 5.74) is 4.85. The molecule has 1 aliphatic heterocycles. The van der Waals surface area contributed by atoms with Crippen LogP contribution in [0, 0.1) is 5.82 Å². The Bertz CT molecular complexity index is 811. The Balaban J connectivity index is 1.51. The van der Waals surface area contributed by atoms with Gasteiger partial charge < -0.3 is 14.8 Å². The number of nitrogens with one attached hydrogen (secondary N) is 3. The number of hydrazine groups is 1. The van der Waals surface area contributed by atoms with Crippen molar-refractivity contribution in [3.63, 3.8) is 0 Å². The van der Waals surface area contributed by atoms with Crippen LogP contribution in [-0.4, -0.2) is 18.7 Å². The first-order chi connectivity index (χ1) is 12.0. The summed E-state index contributed by atoms with van der Waals surface area (Å²) in [5, 5.41) is 2.65. The Morgan fingerprint density at radius 1 is 1.12 bits per heavy atom. The highest BCUT2D eigenvalue weighted by Gasteiger charge is 2.15. The van der Waals surface area contributed by atoms with Crippen molar-refractivity contribution in [3.8, 4) is 11.5 Å². The van der Waals surface area contributed by atoms with E-state index in [0.29, 0.717) is 17.2 Å². The maximum atomic E-state index is 13.6. The van der Waals surface area contributed by atoms with Crippen molar-refractivity contribution < 1.29 is 23.5 Å². The molecule has 0 fully saturated rings. The number of anilines is 1. The number of hydrogen-bond acceptors (Lipinski definition) is 4. The van der Waals surface area contributed by atoms with Crippen molar-refractivity contribution in [2.75, 3.05) is 12.1 Å². The van der Waals surface area contributed by atoms with Crippen molar-refractivity contribution in [1.29, 1.82) is 0 Å². The molecule has 0 saturated carbocycles. The number of hydrogen-bond donors (Lipinski definition) is 3. The van der Waals surface area contributed by atoms with Crippen LogP contribution >= 0.6 is 11.6 Å². The third-order valence-corrected chi connectivity index (χ3v) is 3.70. The lowest BCUT2D eigenvalue weighted by Gasteiger charge is -2.10. The summed E-state index contributed by atoms with van der Waals surface area (Å²) in [4.78, 5) is 23.6. The van der Waals surface area contributed by atoms with E-state index in [-0.39, 0.29) is 23.8 Å². The third-order valence-electron chi connectivity index (χ3n) is 3.34. The fourth-order valence-corrected chi connectivity index (χ4v) is 2.40. The van der Waals surface area contributed by atoms with Crippen LogP contribution in [-0.2, 0) is 11.2 Å². The van der Waals surface area contributed by atoms with Crippen LogP contribution in [0.2, 0.25) is 5.02 Å². The van der Waals surface area contributed by atoms with E-state index in [0.717, 1.165) is 0 Å². The summed E-state index contributed by atoms with van der Waals surface area (Å²) in [5.74, 6) is -0.114. The zero-order valence-electron chi connectivity index (χ0n) is 12.8. The lowest BCUT2D eigenvalue weighted by atomic mass is 10.1. The van der Waals surface area contributed by atoms with E-state index >= 15 is 0 Å². The maximum Gasteiger partial charge on any atom is 0.337 e. The highest BCUT2D eigenvalue weighted by Crippen LogP contribution is 2.34. The molecule has 2 aromatic rings. The van der Waals surface area contributed by atoms with Gasteiger partial charge >= 0.3 is 6.03 Å². The highest BCUT2D eigenvalue weighted by atomic mass is 35.5. The van der Waals surface area contributed by atoms with Gasteiger partial charge in [-0.05, 0) is 24.3 Å². The molecule has 0 aliphatic carbocycles. The van der Waals surface area contributed by atoms with Crippen molar-refractivity contribution in [2.45, 2.75) is 6.42 Å². The van der Waals surface area contributed by atoms with Crippen molar-refractivity contribution >= 4 is 29.2 Å². The Morgan fingerprint density at radius 2 is 1.92 bits per heavy atom. The molecular formula is C16H13ClFN3O4. The van der Waals surface area contributed by atoms with Gasteiger partial charge in [-0.15, -0.1) is 0 Å². The normalized spacial score (nSPS) is 11.8. The van der Waals surface area contributed by atoms with Crippen LogP contribution in [0.25, 0.3) is 0 Å². The average Bonchev–Trinajstić information content (AvgIpc) is 3.04. The van der Waals surface area contributed by atoms with Crippen LogP contribution in [0.15, 0.2) is 36.4 Å². The molecule has 0 atom stereocenters. The van der Waals surface area contributed by atoms with Crippen LogP contribution in [0.3, 0.4) is 0 Å². The minimum absolute atomic E-state index is 0.0552. The molecule has 0 spiro atoms. The van der Waals surface area contributed by atoms with Crippen molar-refractivity contribution in [3.05, 3.63) is 52.8 Å². The predicted octanol–water partition coefficient (Wildman–Crippen LogP) is 2.60. The summed E-state index contributed by atoms with van der Waals surface area (Å²) in [6.45, 7) is 0.125. The molecule has 1 aliphatic rings. The molecular weight excluding hydrogens is 353 g/mol. The summed E-state index contributed by atoms with van der Waals surface area (Å²) in [6, 6.07) is 8.30. The minimum Gasteiger partial charge on any atom is -0.454 e. The van der Waals surface area contributed by atoms with Gasteiger partial charge in [-0.1, -0.05) is 17.7 Å². The third kappa shape index (κ3) is 4.10. The van der Waals surface area contributed by atoms with Crippen LogP contribution in [0.5, 0.6) is 11.5 Å². The minimum atomic E-state index is -0.674. The van der Waals surface area contributed by atoms with Gasteiger partial charge in [0.05, 0.1) is 6.42 Å². The molecule has 25 heavy (non-hydrogen) atoms. The van der Waals surface area contributed by atoms with Gasteiger partial charge in [0, 0.05) is 22.3 Å². The van der Waals surface area contributed by atoms with Crippen molar-refractivity contribution in [1.82, 2.24) is 10.9 Å². The molecule has 0 bridgehead atoms. The molecule has 3 N–H and O–H groups in total. The standard InChI is InChI=1S/C16H13ClFN3O4/c17-11-2-1-3-12(18)10(11)7-15(22)20-21-16(23)19-9-4-5-13-14(6-9)25-8-24-13/h1-6H,7-8H2,(H,20,22)(H2,19,21,23). The first kappa shape index (κ1) is 16.8. The lowest BCUT2D eigenvalue weighted by Crippen LogP contribution is -2.44. The topological polar surface area (TPSA) is 88.7 Å². The number of carbonyl (C=O) groups is 2. The lowest BCUT2D eigenvalue weighted by molar-refractivity contribution is -0.121. The molecule has 1 heterocycles. The predicted molar refractivity (Wildman–Crippen MR) is 88.0 cm³/mol. The second-order valence-electron chi connectivity index (χ2n) is 5.07. The van der Waals surface area contributed by atoms with E-state index in [4.69, 9.17) is 21.1 Å². The Labute approximate surface area is 147 Å². The highest BCUT2D eigenvalue weighted by molar-refractivity contribution is 6.31.